The lowest BCUT2D eigenvalue weighted by molar-refractivity contribution is -0.127. The van der Waals surface area contributed by atoms with Crippen molar-refractivity contribution >= 4 is 46.9 Å². The molecule has 2 aromatic rings. The molecule has 1 aliphatic rings. The number of thioether (sulfide) groups is 2. The molecular weight excluding hydrogens is 382 g/mol. The minimum absolute atomic E-state index is 0.130. The molecule has 3 amide bonds. The third-order valence-electron chi connectivity index (χ3n) is 3.84. The van der Waals surface area contributed by atoms with E-state index in [0.717, 1.165) is 21.0 Å². The van der Waals surface area contributed by atoms with Gasteiger partial charge in [-0.3, -0.25) is 25.2 Å². The fourth-order valence-electron chi connectivity index (χ4n) is 2.47. The maximum Gasteiger partial charge on any atom is 0.258 e. The molecule has 3 rings (SSSR count). The Morgan fingerprint density at radius 1 is 1.07 bits per heavy atom. The fraction of sp³-hybridized carbons (Fsp3) is 0.211. The SMILES string of the molecule is Cc1ccc(SCC(=O)NNC(=O)CN2C(=O)CSc3ccccc32)cc1. The van der Waals surface area contributed by atoms with Crippen molar-refractivity contribution < 1.29 is 14.4 Å². The first kappa shape index (κ1) is 19.3. The first-order valence-corrected chi connectivity index (χ1v) is 10.3. The van der Waals surface area contributed by atoms with E-state index in [1.807, 2.05) is 55.5 Å². The Labute approximate surface area is 166 Å². The van der Waals surface area contributed by atoms with Crippen molar-refractivity contribution in [3.63, 3.8) is 0 Å². The molecule has 0 radical (unpaired) electrons. The van der Waals surface area contributed by atoms with Gasteiger partial charge in [-0.2, -0.15) is 0 Å². The Hall–Kier alpha value is -2.45. The van der Waals surface area contributed by atoms with Gasteiger partial charge in [0.25, 0.3) is 5.91 Å². The topological polar surface area (TPSA) is 78.5 Å². The van der Waals surface area contributed by atoms with E-state index in [9.17, 15) is 14.4 Å². The van der Waals surface area contributed by atoms with Crippen LogP contribution in [0.1, 0.15) is 5.56 Å². The van der Waals surface area contributed by atoms with Crippen molar-refractivity contribution in [1.29, 1.82) is 0 Å². The molecule has 0 spiro atoms. The molecule has 8 heteroatoms. The number of nitrogens with one attached hydrogen (secondary N) is 2. The summed E-state index contributed by atoms with van der Waals surface area (Å²) in [7, 11) is 0. The summed E-state index contributed by atoms with van der Waals surface area (Å²) in [5, 5.41) is 0. The molecule has 2 N–H and O–H groups in total. The maximum atomic E-state index is 12.1. The highest BCUT2D eigenvalue weighted by Crippen LogP contribution is 2.34. The zero-order valence-corrected chi connectivity index (χ0v) is 16.4. The zero-order valence-electron chi connectivity index (χ0n) is 14.7. The molecule has 1 aliphatic heterocycles. The second kappa shape index (κ2) is 8.96. The average Bonchev–Trinajstić information content (AvgIpc) is 2.68. The summed E-state index contributed by atoms with van der Waals surface area (Å²) >= 11 is 2.84. The second-order valence-corrected chi connectivity index (χ2v) is 8.00. The van der Waals surface area contributed by atoms with Crippen molar-refractivity contribution in [2.75, 3.05) is 23.0 Å². The Bertz CT molecular complexity index is 856. The number of amides is 3. The van der Waals surface area contributed by atoms with Crippen LogP contribution in [-0.2, 0) is 14.4 Å². The highest BCUT2D eigenvalue weighted by molar-refractivity contribution is 8.00. The summed E-state index contributed by atoms with van der Waals surface area (Å²) in [6.07, 6.45) is 0. The molecule has 0 bridgehead atoms. The molecule has 27 heavy (non-hydrogen) atoms. The molecule has 6 nitrogen and oxygen atoms in total. The van der Waals surface area contributed by atoms with Gasteiger partial charge in [-0.15, -0.1) is 23.5 Å². The van der Waals surface area contributed by atoms with E-state index < -0.39 is 5.91 Å². The number of hydrogen-bond donors (Lipinski definition) is 2. The zero-order chi connectivity index (χ0) is 19.2. The predicted octanol–water partition coefficient (Wildman–Crippen LogP) is 2.37. The number of carbonyl (C=O) groups is 3. The summed E-state index contributed by atoms with van der Waals surface area (Å²) in [5.74, 6) is -0.404. The van der Waals surface area contributed by atoms with Gasteiger partial charge in [-0.1, -0.05) is 29.8 Å². The number of hydrogen-bond acceptors (Lipinski definition) is 5. The predicted molar refractivity (Wildman–Crippen MR) is 108 cm³/mol. The van der Waals surface area contributed by atoms with Gasteiger partial charge in [0.2, 0.25) is 11.8 Å². The Morgan fingerprint density at radius 2 is 1.78 bits per heavy atom. The van der Waals surface area contributed by atoms with E-state index in [-0.39, 0.29) is 24.1 Å². The van der Waals surface area contributed by atoms with Crippen LogP contribution in [0.3, 0.4) is 0 Å². The van der Waals surface area contributed by atoms with Crippen molar-refractivity contribution in [2.45, 2.75) is 16.7 Å². The highest BCUT2D eigenvalue weighted by Gasteiger charge is 2.26. The van der Waals surface area contributed by atoms with Crippen LogP contribution in [-0.4, -0.2) is 35.8 Å². The van der Waals surface area contributed by atoms with Crippen LogP contribution in [0.25, 0.3) is 0 Å². The van der Waals surface area contributed by atoms with Gasteiger partial charge < -0.3 is 4.90 Å². The average molecular weight is 402 g/mol. The number of carbonyl (C=O) groups excluding carboxylic acids is 3. The van der Waals surface area contributed by atoms with Crippen molar-refractivity contribution in [2.24, 2.45) is 0 Å². The summed E-state index contributed by atoms with van der Waals surface area (Å²) < 4.78 is 0. The summed E-state index contributed by atoms with van der Waals surface area (Å²) in [6, 6.07) is 15.3. The van der Waals surface area contributed by atoms with E-state index in [0.29, 0.717) is 5.75 Å². The maximum absolute atomic E-state index is 12.1. The second-order valence-electron chi connectivity index (χ2n) is 5.93. The molecular formula is C19H19N3O3S2. The first-order valence-electron chi connectivity index (χ1n) is 8.32. The van der Waals surface area contributed by atoms with Crippen LogP contribution in [0.4, 0.5) is 5.69 Å². The van der Waals surface area contributed by atoms with E-state index in [1.54, 1.807) is 0 Å². The van der Waals surface area contributed by atoms with Crippen LogP contribution < -0.4 is 15.8 Å². The highest BCUT2D eigenvalue weighted by atomic mass is 32.2. The van der Waals surface area contributed by atoms with E-state index in [4.69, 9.17) is 0 Å². The molecule has 0 fully saturated rings. The van der Waals surface area contributed by atoms with Gasteiger partial charge in [0.05, 0.1) is 17.2 Å². The molecule has 0 saturated carbocycles. The smallest absolute Gasteiger partial charge is 0.258 e. The minimum Gasteiger partial charge on any atom is -0.301 e. The van der Waals surface area contributed by atoms with Crippen molar-refractivity contribution in [1.82, 2.24) is 10.9 Å². The lowest BCUT2D eigenvalue weighted by Crippen LogP contribution is -2.49. The number of para-hydroxylation sites is 1. The van der Waals surface area contributed by atoms with Crippen LogP contribution in [0, 0.1) is 6.92 Å². The van der Waals surface area contributed by atoms with Gasteiger partial charge in [0, 0.05) is 9.79 Å². The van der Waals surface area contributed by atoms with Crippen LogP contribution >= 0.6 is 23.5 Å². The number of aryl methyl sites for hydroxylation is 1. The minimum atomic E-state index is -0.446. The molecule has 2 aromatic carbocycles. The number of hydrazine groups is 1. The lowest BCUT2D eigenvalue weighted by Gasteiger charge is -2.28. The Balaban J connectivity index is 1.47. The number of benzene rings is 2. The molecule has 1 heterocycles. The quantitative estimate of drug-likeness (QED) is 0.594. The van der Waals surface area contributed by atoms with E-state index in [1.165, 1.54) is 28.4 Å². The monoisotopic (exact) mass is 401 g/mol. The number of rotatable bonds is 5. The van der Waals surface area contributed by atoms with Gasteiger partial charge in [0.15, 0.2) is 0 Å². The van der Waals surface area contributed by atoms with Crippen molar-refractivity contribution in [3.05, 3.63) is 54.1 Å². The fourth-order valence-corrected chi connectivity index (χ4v) is 4.10. The number of nitrogens with zero attached hydrogens (tertiary/aromatic N) is 1. The van der Waals surface area contributed by atoms with Crippen LogP contribution in [0.15, 0.2) is 58.3 Å². The summed E-state index contributed by atoms with van der Waals surface area (Å²) in [6.45, 7) is 1.86. The van der Waals surface area contributed by atoms with Gasteiger partial charge in [-0.05, 0) is 31.2 Å². The van der Waals surface area contributed by atoms with E-state index >= 15 is 0 Å². The van der Waals surface area contributed by atoms with Gasteiger partial charge >= 0.3 is 0 Å². The standard InChI is InChI=1S/C19H19N3O3S2/c1-13-6-8-14(9-7-13)26-11-18(24)21-20-17(23)10-22-15-4-2-3-5-16(15)27-12-19(22)25/h2-9H,10-12H2,1H3,(H,20,23)(H,21,24). The normalized spacial score (nSPS) is 13.1. The largest absolute Gasteiger partial charge is 0.301 e. The Kier molecular flexibility index (Phi) is 6.41. The molecule has 0 atom stereocenters. The number of anilines is 1. The summed E-state index contributed by atoms with van der Waals surface area (Å²) in [4.78, 5) is 39.6. The molecule has 0 saturated heterocycles. The van der Waals surface area contributed by atoms with Crippen molar-refractivity contribution in [3.8, 4) is 0 Å². The molecule has 0 aromatic heterocycles. The molecule has 0 aliphatic carbocycles. The van der Waals surface area contributed by atoms with Crippen LogP contribution in [0.2, 0.25) is 0 Å². The molecule has 0 unspecified atom stereocenters. The van der Waals surface area contributed by atoms with Crippen LogP contribution in [0.5, 0.6) is 0 Å². The first-order chi connectivity index (χ1) is 13.0. The lowest BCUT2D eigenvalue weighted by atomic mass is 10.2. The van der Waals surface area contributed by atoms with Gasteiger partial charge in [0.1, 0.15) is 6.54 Å². The number of fused-ring (bicyclic) bond motifs is 1. The summed E-state index contributed by atoms with van der Waals surface area (Å²) in [5.41, 5.74) is 6.64. The third-order valence-corrected chi connectivity index (χ3v) is 5.90. The molecule has 140 valence electrons. The Morgan fingerprint density at radius 3 is 2.56 bits per heavy atom. The van der Waals surface area contributed by atoms with E-state index in [2.05, 4.69) is 10.9 Å². The van der Waals surface area contributed by atoms with Gasteiger partial charge in [-0.25, -0.2) is 0 Å². The third kappa shape index (κ3) is 5.27.